The molecule has 3 aromatic rings. The maximum absolute atomic E-state index is 12.2. The van der Waals surface area contributed by atoms with Crippen LogP contribution in [0.25, 0.3) is 10.6 Å². The predicted octanol–water partition coefficient (Wildman–Crippen LogP) is 3.84. The van der Waals surface area contributed by atoms with Crippen molar-refractivity contribution in [1.29, 1.82) is 0 Å². The molecular weight excluding hydrogens is 350 g/mol. The number of nitrogens with one attached hydrogen (secondary N) is 1. The average Bonchev–Trinajstić information content (AvgIpc) is 3.23. The predicted molar refractivity (Wildman–Crippen MR) is 90.9 cm³/mol. The van der Waals surface area contributed by atoms with Crippen LogP contribution in [0.3, 0.4) is 0 Å². The Hall–Kier alpha value is -2.64. The highest BCUT2D eigenvalue weighted by molar-refractivity contribution is 7.18. The number of hydrogen-bond donors (Lipinski definition) is 1. The van der Waals surface area contributed by atoms with Crippen LogP contribution in [0.15, 0.2) is 42.5 Å². The smallest absolute Gasteiger partial charge is 0.259 e. The Morgan fingerprint density at radius 3 is 2.83 bits per heavy atom. The molecule has 0 fully saturated rings. The van der Waals surface area contributed by atoms with Gasteiger partial charge >= 0.3 is 0 Å². The van der Waals surface area contributed by atoms with Crippen LogP contribution in [-0.4, -0.2) is 22.9 Å². The first kappa shape index (κ1) is 14.9. The van der Waals surface area contributed by atoms with Crippen LogP contribution < -0.4 is 14.8 Å². The fraction of sp³-hybridized carbons (Fsp3) is 0.0625. The van der Waals surface area contributed by atoms with Crippen molar-refractivity contribution in [3.63, 3.8) is 0 Å². The van der Waals surface area contributed by atoms with Crippen molar-refractivity contribution in [2.24, 2.45) is 0 Å². The maximum atomic E-state index is 12.2. The second kappa shape index (κ2) is 6.10. The number of anilines is 1. The van der Waals surface area contributed by atoms with E-state index in [1.807, 2.05) is 18.2 Å². The third-order valence-corrected chi connectivity index (χ3v) is 4.60. The minimum absolute atomic E-state index is 0.216. The maximum Gasteiger partial charge on any atom is 0.259 e. The summed E-state index contributed by atoms with van der Waals surface area (Å²) in [6, 6.07) is 12.4. The number of benzene rings is 2. The number of carbonyl (C=O) groups excluding carboxylic acids is 1. The summed E-state index contributed by atoms with van der Waals surface area (Å²) in [5.41, 5.74) is 1.23. The van der Waals surface area contributed by atoms with E-state index in [0.717, 1.165) is 5.56 Å². The van der Waals surface area contributed by atoms with Crippen LogP contribution in [0.2, 0.25) is 5.02 Å². The summed E-state index contributed by atoms with van der Waals surface area (Å²) in [7, 11) is 0. The molecule has 0 atom stereocenters. The molecule has 0 saturated heterocycles. The first-order valence-corrected chi connectivity index (χ1v) is 8.19. The van der Waals surface area contributed by atoms with E-state index in [1.54, 1.807) is 24.3 Å². The standard InChI is InChI=1S/C16H10ClN3O3S/c17-11-4-2-1-3-10(11)14(21)18-16-20-19-15(24-16)9-5-6-12-13(7-9)23-8-22-12/h1-7H,8H2,(H,18,20,21). The van der Waals surface area contributed by atoms with Crippen molar-refractivity contribution < 1.29 is 14.3 Å². The highest BCUT2D eigenvalue weighted by Gasteiger charge is 2.17. The number of aromatic nitrogens is 2. The third kappa shape index (κ3) is 2.79. The van der Waals surface area contributed by atoms with Gasteiger partial charge in [0.05, 0.1) is 10.6 Å². The normalized spacial score (nSPS) is 12.2. The van der Waals surface area contributed by atoms with E-state index in [4.69, 9.17) is 21.1 Å². The molecule has 120 valence electrons. The Morgan fingerprint density at radius 2 is 1.96 bits per heavy atom. The topological polar surface area (TPSA) is 73.3 Å². The highest BCUT2D eigenvalue weighted by Crippen LogP contribution is 2.37. The van der Waals surface area contributed by atoms with Crippen molar-refractivity contribution in [3.05, 3.63) is 53.1 Å². The third-order valence-electron chi connectivity index (χ3n) is 3.38. The van der Waals surface area contributed by atoms with Gasteiger partial charge in [0.1, 0.15) is 5.01 Å². The number of nitrogens with zero attached hydrogens (tertiary/aromatic N) is 2. The summed E-state index contributed by atoms with van der Waals surface area (Å²) >= 11 is 7.29. The molecule has 1 aliphatic rings. The fourth-order valence-electron chi connectivity index (χ4n) is 2.23. The lowest BCUT2D eigenvalue weighted by molar-refractivity contribution is 0.102. The summed E-state index contributed by atoms with van der Waals surface area (Å²) in [5.74, 6) is 1.05. The zero-order valence-electron chi connectivity index (χ0n) is 12.2. The number of hydrogen-bond acceptors (Lipinski definition) is 6. The molecule has 0 spiro atoms. The highest BCUT2D eigenvalue weighted by atomic mass is 35.5. The van der Waals surface area contributed by atoms with Gasteiger partial charge in [-0.05, 0) is 30.3 Å². The lowest BCUT2D eigenvalue weighted by Gasteiger charge is -2.02. The first-order valence-electron chi connectivity index (χ1n) is 7.00. The van der Waals surface area contributed by atoms with Crippen LogP contribution >= 0.6 is 22.9 Å². The van der Waals surface area contributed by atoms with Crippen molar-refractivity contribution in [2.45, 2.75) is 0 Å². The molecule has 0 radical (unpaired) electrons. The van der Waals surface area contributed by atoms with Gasteiger partial charge in [-0.15, -0.1) is 10.2 Å². The summed E-state index contributed by atoms with van der Waals surface area (Å²) in [6.07, 6.45) is 0. The van der Waals surface area contributed by atoms with E-state index in [1.165, 1.54) is 11.3 Å². The average molecular weight is 360 g/mol. The zero-order valence-corrected chi connectivity index (χ0v) is 13.7. The minimum Gasteiger partial charge on any atom is -0.454 e. The first-order chi connectivity index (χ1) is 11.7. The summed E-state index contributed by atoms with van der Waals surface area (Å²) in [6.45, 7) is 0.216. The van der Waals surface area contributed by atoms with Crippen LogP contribution in [0, 0.1) is 0 Å². The number of fused-ring (bicyclic) bond motifs is 1. The molecule has 1 aliphatic heterocycles. The molecule has 0 bridgehead atoms. The minimum atomic E-state index is -0.325. The number of rotatable bonds is 3. The summed E-state index contributed by atoms with van der Waals surface area (Å²) in [4.78, 5) is 12.2. The molecule has 1 aromatic heterocycles. The summed E-state index contributed by atoms with van der Waals surface area (Å²) in [5, 5.41) is 12.3. The van der Waals surface area contributed by atoms with Gasteiger partial charge in [0.15, 0.2) is 11.5 Å². The van der Waals surface area contributed by atoms with Crippen molar-refractivity contribution in [3.8, 4) is 22.1 Å². The fourth-order valence-corrected chi connectivity index (χ4v) is 3.19. The second-order valence-electron chi connectivity index (χ2n) is 4.91. The van der Waals surface area contributed by atoms with Crippen molar-refractivity contribution >= 4 is 34.0 Å². The molecule has 2 aromatic carbocycles. The lowest BCUT2D eigenvalue weighted by atomic mass is 10.2. The molecule has 0 saturated carbocycles. The van der Waals surface area contributed by atoms with E-state index >= 15 is 0 Å². The lowest BCUT2D eigenvalue weighted by Crippen LogP contribution is -2.12. The number of amides is 1. The van der Waals surface area contributed by atoms with E-state index < -0.39 is 0 Å². The van der Waals surface area contributed by atoms with E-state index in [-0.39, 0.29) is 12.7 Å². The molecule has 24 heavy (non-hydrogen) atoms. The number of ether oxygens (including phenoxy) is 2. The molecule has 4 rings (SSSR count). The summed E-state index contributed by atoms with van der Waals surface area (Å²) < 4.78 is 10.6. The molecule has 1 amide bonds. The van der Waals surface area contributed by atoms with Crippen LogP contribution in [0.4, 0.5) is 5.13 Å². The van der Waals surface area contributed by atoms with Crippen molar-refractivity contribution in [1.82, 2.24) is 10.2 Å². The zero-order chi connectivity index (χ0) is 16.5. The van der Waals surface area contributed by atoms with E-state index in [9.17, 15) is 4.79 Å². The van der Waals surface area contributed by atoms with Gasteiger partial charge in [0.2, 0.25) is 11.9 Å². The Kier molecular flexibility index (Phi) is 3.79. The quantitative estimate of drug-likeness (QED) is 0.769. The number of carbonyl (C=O) groups is 1. The Balaban J connectivity index is 1.55. The van der Waals surface area contributed by atoms with Crippen LogP contribution in [0.1, 0.15) is 10.4 Å². The van der Waals surface area contributed by atoms with Crippen LogP contribution in [0.5, 0.6) is 11.5 Å². The molecule has 1 N–H and O–H groups in total. The van der Waals surface area contributed by atoms with Gasteiger partial charge in [-0.1, -0.05) is 35.1 Å². The second-order valence-corrected chi connectivity index (χ2v) is 6.30. The molecule has 0 unspecified atom stereocenters. The molecular formula is C16H10ClN3O3S. The van der Waals surface area contributed by atoms with Gasteiger partial charge in [0, 0.05) is 5.56 Å². The Bertz CT molecular complexity index is 928. The van der Waals surface area contributed by atoms with E-state index in [0.29, 0.717) is 32.2 Å². The van der Waals surface area contributed by atoms with Gasteiger partial charge in [-0.3, -0.25) is 10.1 Å². The Morgan fingerprint density at radius 1 is 1.12 bits per heavy atom. The largest absolute Gasteiger partial charge is 0.454 e. The molecule has 6 nitrogen and oxygen atoms in total. The van der Waals surface area contributed by atoms with Gasteiger partial charge in [-0.25, -0.2) is 0 Å². The monoisotopic (exact) mass is 359 g/mol. The SMILES string of the molecule is O=C(Nc1nnc(-c2ccc3c(c2)OCO3)s1)c1ccccc1Cl. The van der Waals surface area contributed by atoms with Crippen molar-refractivity contribution in [2.75, 3.05) is 12.1 Å². The Labute approximate surface area is 146 Å². The van der Waals surface area contributed by atoms with Gasteiger partial charge in [-0.2, -0.15) is 0 Å². The van der Waals surface area contributed by atoms with Gasteiger partial charge < -0.3 is 9.47 Å². The molecule has 0 aliphatic carbocycles. The number of halogens is 1. The van der Waals surface area contributed by atoms with Crippen LogP contribution in [-0.2, 0) is 0 Å². The molecule has 8 heteroatoms. The van der Waals surface area contributed by atoms with Gasteiger partial charge in [0.25, 0.3) is 5.91 Å². The van der Waals surface area contributed by atoms with E-state index in [2.05, 4.69) is 15.5 Å². The molecule has 2 heterocycles.